The maximum absolute atomic E-state index is 13.1. The molecule has 0 unspecified atom stereocenters. The summed E-state index contributed by atoms with van der Waals surface area (Å²) in [7, 11) is 1.23. The largest absolute Gasteiger partial charge is 1.00 e. The number of hydrogen-bond donors (Lipinski definition) is 3. The average Bonchev–Trinajstić information content (AvgIpc) is 3.63. The number of rotatable bonds is 11. The quantitative estimate of drug-likeness (QED) is 0.0566. The summed E-state index contributed by atoms with van der Waals surface area (Å²) in [5.41, 5.74) is 5.36. The molecule has 22 heteroatoms. The number of carboxylic acids is 1. The first-order valence-corrected chi connectivity index (χ1v) is 15.1. The number of tetrazole rings is 1. The molecule has 0 radical (unpaired) electrons. The van der Waals surface area contributed by atoms with E-state index in [2.05, 4.69) is 35.4 Å². The number of nitrogens with two attached hydrogens (primary N) is 1. The molecule has 5 rings (SSSR count). The Balaban J connectivity index is 0.00000442. The first kappa shape index (κ1) is 33.4. The zero-order chi connectivity index (χ0) is 30.8. The third kappa shape index (κ3) is 6.61. The van der Waals surface area contributed by atoms with Crippen molar-refractivity contribution < 1.29 is 59.0 Å². The number of aliphatic carboxylic acids is 1. The van der Waals surface area contributed by atoms with E-state index in [1.165, 1.54) is 41.4 Å². The molecule has 18 nitrogen and oxygen atoms in total. The van der Waals surface area contributed by atoms with Gasteiger partial charge in [0.2, 0.25) is 22.1 Å². The Hall–Kier alpha value is -3.50. The number of nitrogens with zero attached hydrogens (tertiary/aromatic N) is 9. The van der Waals surface area contributed by atoms with Gasteiger partial charge in [0.25, 0.3) is 11.8 Å². The normalized spacial score (nSPS) is 17.9. The predicted molar refractivity (Wildman–Crippen MR) is 151 cm³/mol. The first-order valence-electron chi connectivity index (χ1n) is 12.3. The van der Waals surface area contributed by atoms with Gasteiger partial charge in [0, 0.05) is 41.8 Å². The second-order valence-electron chi connectivity index (χ2n) is 8.96. The molecule has 0 aromatic carbocycles. The molecule has 1 saturated heterocycles. The Labute approximate surface area is 282 Å². The van der Waals surface area contributed by atoms with Gasteiger partial charge in [0.1, 0.15) is 18.5 Å². The summed E-state index contributed by atoms with van der Waals surface area (Å²) >= 11 is 3.29. The van der Waals surface area contributed by atoms with E-state index in [4.69, 9.17) is 10.6 Å². The number of aromatic hydroxyl groups is 1. The predicted octanol–water partition coefficient (Wildman–Crippen LogP) is -5.47. The Bertz CT molecular complexity index is 1720. The van der Waals surface area contributed by atoms with Gasteiger partial charge in [-0.05, 0) is 22.9 Å². The van der Waals surface area contributed by atoms with Crippen molar-refractivity contribution in [3.8, 4) is 5.75 Å². The number of amides is 2. The second-order valence-corrected chi connectivity index (χ2v) is 11.8. The number of pyridine rings is 1. The molecular weight excluding hydrogens is 650 g/mol. The molecule has 4 N–H and O–H groups in total. The standard InChI is InChI=1S/C22H23N11O7S3.Na/c1-9-15(35)11(34)3-4-31(9)5-6-32-22(26-29-30-32)42-8-10-7-41-19-13(18(37)33(19)14(10)20(38)39)24-17(36)12(27-40-2)16-25-21(23)43-28-16;/h3-4,13,19,35H,5-8H2,1-2H3,(H,24,36)(H,38,39)(H2,23,25,28);/q;+1/p-1/b27-12-;/t13-,19+;/m1./s1. The monoisotopic (exact) mass is 671 g/mol. The van der Waals surface area contributed by atoms with Gasteiger partial charge in [-0.25, -0.2) is 4.68 Å². The van der Waals surface area contributed by atoms with Gasteiger partial charge < -0.3 is 35.5 Å². The number of nitrogens with one attached hydrogen (secondary N) is 1. The summed E-state index contributed by atoms with van der Waals surface area (Å²) in [4.78, 5) is 59.4. The van der Waals surface area contributed by atoms with Crippen molar-refractivity contribution in [2.45, 2.75) is 36.6 Å². The number of aryl methyl sites for hydroxylation is 2. The van der Waals surface area contributed by atoms with Crippen LogP contribution in [0.15, 0.2) is 38.6 Å². The van der Waals surface area contributed by atoms with Gasteiger partial charge in [0.05, 0.1) is 23.9 Å². The fourth-order valence-electron chi connectivity index (χ4n) is 4.30. The minimum absolute atomic E-state index is 0. The number of carbonyl (C=O) groups excluding carboxylic acids is 3. The van der Waals surface area contributed by atoms with Crippen LogP contribution in [0.5, 0.6) is 5.75 Å². The summed E-state index contributed by atoms with van der Waals surface area (Å²) in [5, 5.41) is 39.7. The van der Waals surface area contributed by atoms with E-state index in [1.54, 1.807) is 17.7 Å². The van der Waals surface area contributed by atoms with E-state index in [1.807, 2.05) is 0 Å². The maximum Gasteiger partial charge on any atom is 1.00 e. The third-order valence-electron chi connectivity index (χ3n) is 6.42. The Kier molecular flexibility index (Phi) is 10.7. The molecule has 2 amide bonds. The molecule has 3 aromatic heterocycles. The SMILES string of the molecule is CO/N=C(\C(=O)N[C@@H]1C(=O)N2C(C(=O)[O-])=C(CSc3nnnn3CCn3ccc(=O)c(O)c3C)CS[C@@H]12)c1nsc(N)n1.[Na+]. The van der Waals surface area contributed by atoms with E-state index < -0.39 is 34.6 Å². The van der Waals surface area contributed by atoms with E-state index in [9.17, 15) is 29.4 Å². The number of aromatic nitrogens is 7. The summed E-state index contributed by atoms with van der Waals surface area (Å²) in [6.07, 6.45) is 1.55. The van der Waals surface area contributed by atoms with Crippen LogP contribution in [0, 0.1) is 6.92 Å². The molecule has 0 bridgehead atoms. The van der Waals surface area contributed by atoms with Crippen LogP contribution < -0.4 is 51.1 Å². The summed E-state index contributed by atoms with van der Waals surface area (Å²) in [6.45, 7) is 2.26. The van der Waals surface area contributed by atoms with Crippen LogP contribution in [0.4, 0.5) is 5.13 Å². The topological polar surface area (TPSA) is 249 Å². The molecule has 2 aliphatic rings. The molecular formula is C22H22N11NaO7S3. The molecule has 0 saturated carbocycles. The number of carboxylic acid groups (broad SMARTS) is 1. The second kappa shape index (κ2) is 14.1. The Morgan fingerprint density at radius 3 is 2.80 bits per heavy atom. The first-order chi connectivity index (χ1) is 20.6. The summed E-state index contributed by atoms with van der Waals surface area (Å²) in [6, 6.07) is 0.218. The number of nitrogen functional groups attached to an aromatic ring is 1. The minimum Gasteiger partial charge on any atom is -0.543 e. The number of hydrogen-bond acceptors (Lipinski definition) is 17. The van der Waals surface area contributed by atoms with Crippen molar-refractivity contribution in [1.82, 2.24) is 44.3 Å². The molecule has 3 aromatic rings. The van der Waals surface area contributed by atoms with Gasteiger partial charge in [-0.15, -0.1) is 16.9 Å². The van der Waals surface area contributed by atoms with Crippen molar-refractivity contribution in [2.24, 2.45) is 5.16 Å². The van der Waals surface area contributed by atoms with E-state index in [0.717, 1.165) is 16.4 Å². The van der Waals surface area contributed by atoms with Crippen molar-refractivity contribution in [1.29, 1.82) is 0 Å². The van der Waals surface area contributed by atoms with Crippen molar-refractivity contribution in [3.05, 3.63) is 45.3 Å². The van der Waals surface area contributed by atoms with Crippen molar-refractivity contribution in [3.63, 3.8) is 0 Å². The fourth-order valence-corrected chi connectivity index (χ4v) is 7.12. The van der Waals surface area contributed by atoms with E-state index >= 15 is 0 Å². The van der Waals surface area contributed by atoms with Gasteiger partial charge in [-0.3, -0.25) is 19.3 Å². The van der Waals surface area contributed by atoms with E-state index in [-0.39, 0.29) is 69.2 Å². The Morgan fingerprint density at radius 1 is 1.34 bits per heavy atom. The van der Waals surface area contributed by atoms with Gasteiger partial charge in [-0.1, -0.05) is 16.9 Å². The molecule has 226 valence electrons. The van der Waals surface area contributed by atoms with Crippen LogP contribution in [0.25, 0.3) is 0 Å². The number of thioether (sulfide) groups is 2. The third-order valence-corrected chi connectivity index (χ3v) is 9.34. The van der Waals surface area contributed by atoms with Crippen LogP contribution in [0.1, 0.15) is 11.5 Å². The summed E-state index contributed by atoms with van der Waals surface area (Å²) < 4.78 is 7.12. The zero-order valence-corrected chi connectivity index (χ0v) is 27.8. The van der Waals surface area contributed by atoms with Gasteiger partial charge >= 0.3 is 29.6 Å². The minimum atomic E-state index is -1.53. The summed E-state index contributed by atoms with van der Waals surface area (Å²) in [5.74, 6) is -3.00. The number of fused-ring (bicyclic) bond motifs is 1. The Morgan fingerprint density at radius 2 is 2.11 bits per heavy atom. The number of β-lactam (4-membered cyclic amide) rings is 1. The van der Waals surface area contributed by atoms with E-state index in [0.29, 0.717) is 29.5 Å². The molecule has 2 aliphatic heterocycles. The fraction of sp³-hybridized carbons (Fsp3) is 0.364. The molecule has 0 aliphatic carbocycles. The van der Waals surface area contributed by atoms with Crippen LogP contribution in [-0.4, -0.2) is 97.7 Å². The maximum atomic E-state index is 13.1. The molecule has 44 heavy (non-hydrogen) atoms. The van der Waals surface area contributed by atoms with Crippen LogP contribution in [0.2, 0.25) is 0 Å². The number of anilines is 1. The van der Waals surface area contributed by atoms with Gasteiger partial charge in [-0.2, -0.15) is 9.36 Å². The van der Waals surface area contributed by atoms with Crippen LogP contribution in [-0.2, 0) is 32.3 Å². The molecule has 2 atom stereocenters. The van der Waals surface area contributed by atoms with Crippen molar-refractivity contribution >= 4 is 63.7 Å². The van der Waals surface area contributed by atoms with Crippen LogP contribution in [0.3, 0.4) is 0 Å². The van der Waals surface area contributed by atoms with Crippen molar-refractivity contribution in [2.75, 3.05) is 24.3 Å². The zero-order valence-electron chi connectivity index (χ0n) is 23.4. The number of oxime groups is 1. The average molecular weight is 672 g/mol. The molecule has 0 spiro atoms. The number of carbonyl (C=O) groups is 3. The smallest absolute Gasteiger partial charge is 0.543 e. The molecule has 5 heterocycles. The van der Waals surface area contributed by atoms with Gasteiger partial charge in [0.15, 0.2) is 10.9 Å². The molecule has 1 fully saturated rings. The van der Waals surface area contributed by atoms with Crippen LogP contribution >= 0.6 is 35.1 Å².